The summed E-state index contributed by atoms with van der Waals surface area (Å²) in [6.07, 6.45) is 1.66. The lowest BCUT2D eigenvalue weighted by molar-refractivity contribution is 0.0466. The third-order valence-electron chi connectivity index (χ3n) is 2.80. The van der Waals surface area contributed by atoms with Crippen molar-refractivity contribution in [3.8, 4) is 0 Å². The average Bonchev–Trinajstić information content (AvgIpc) is 2.94. The van der Waals surface area contributed by atoms with Crippen LogP contribution in [0.1, 0.15) is 16.1 Å². The van der Waals surface area contributed by atoms with Crippen LogP contribution in [0, 0.1) is 3.57 Å². The molecule has 0 aliphatic rings. The van der Waals surface area contributed by atoms with Gasteiger partial charge in [0, 0.05) is 21.2 Å². The van der Waals surface area contributed by atoms with E-state index in [1.165, 1.54) is 21.8 Å². The molecule has 2 aromatic heterocycles. The van der Waals surface area contributed by atoms with Crippen molar-refractivity contribution in [3.05, 3.63) is 67.1 Å². The third kappa shape index (κ3) is 2.98. The minimum atomic E-state index is -0.423. The summed E-state index contributed by atoms with van der Waals surface area (Å²) in [6, 6.07) is 8.55. The Bertz CT molecular complexity index is 872. The molecule has 0 amide bonds. The highest BCUT2D eigenvalue weighted by Crippen LogP contribution is 2.13. The third-order valence-corrected chi connectivity index (χ3v) is 4.50. The molecule has 2 heterocycles. The van der Waals surface area contributed by atoms with Gasteiger partial charge in [-0.15, -0.1) is 11.3 Å². The van der Waals surface area contributed by atoms with Crippen molar-refractivity contribution >= 4 is 44.9 Å². The number of hydrogen-bond donors (Lipinski definition) is 0. The Morgan fingerprint density at radius 1 is 1.38 bits per heavy atom. The topological polar surface area (TPSA) is 60.7 Å². The SMILES string of the molecule is O=C(OCc1cc(=O)n2ccsc2n1)c1ccccc1I. The van der Waals surface area contributed by atoms with Gasteiger partial charge in [0.1, 0.15) is 6.61 Å². The Morgan fingerprint density at radius 2 is 2.19 bits per heavy atom. The minimum absolute atomic E-state index is 0.0204. The van der Waals surface area contributed by atoms with Crippen molar-refractivity contribution in [1.82, 2.24) is 9.38 Å². The summed E-state index contributed by atoms with van der Waals surface area (Å²) in [5, 5.41) is 1.78. The molecule has 0 spiro atoms. The largest absolute Gasteiger partial charge is 0.456 e. The fourth-order valence-electron chi connectivity index (χ4n) is 1.81. The number of rotatable bonds is 3. The molecule has 0 saturated carbocycles. The maximum atomic E-state index is 12.0. The quantitative estimate of drug-likeness (QED) is 0.491. The Labute approximate surface area is 137 Å². The van der Waals surface area contributed by atoms with E-state index in [1.54, 1.807) is 23.7 Å². The zero-order valence-electron chi connectivity index (χ0n) is 10.7. The van der Waals surface area contributed by atoms with E-state index in [-0.39, 0.29) is 12.2 Å². The van der Waals surface area contributed by atoms with Crippen LogP contribution in [0.25, 0.3) is 4.96 Å². The van der Waals surface area contributed by atoms with E-state index in [0.29, 0.717) is 16.2 Å². The van der Waals surface area contributed by atoms with E-state index in [9.17, 15) is 9.59 Å². The van der Waals surface area contributed by atoms with Gasteiger partial charge in [-0.3, -0.25) is 9.20 Å². The van der Waals surface area contributed by atoms with Crippen molar-refractivity contribution in [3.63, 3.8) is 0 Å². The molecule has 0 fully saturated rings. The Morgan fingerprint density at radius 3 is 3.00 bits per heavy atom. The molecule has 0 aliphatic heterocycles. The zero-order chi connectivity index (χ0) is 14.8. The molecule has 5 nitrogen and oxygen atoms in total. The van der Waals surface area contributed by atoms with E-state index >= 15 is 0 Å². The highest BCUT2D eigenvalue weighted by atomic mass is 127. The maximum Gasteiger partial charge on any atom is 0.339 e. The maximum absolute atomic E-state index is 12.0. The summed E-state index contributed by atoms with van der Waals surface area (Å²) in [6.45, 7) is -0.0204. The molecule has 0 saturated heterocycles. The predicted molar refractivity (Wildman–Crippen MR) is 87.6 cm³/mol. The molecule has 7 heteroatoms. The Balaban J connectivity index is 1.79. The van der Waals surface area contributed by atoms with Crippen LogP contribution >= 0.6 is 33.9 Å². The second kappa shape index (κ2) is 5.94. The normalized spacial score (nSPS) is 10.7. The standard InChI is InChI=1S/C14H9IN2O3S/c15-11-4-2-1-3-10(11)13(19)20-8-9-7-12(18)17-5-6-21-14(17)16-9/h1-7H,8H2. The molecule has 1 aromatic carbocycles. The second-order valence-electron chi connectivity index (χ2n) is 4.20. The number of carbonyl (C=O) groups excluding carboxylic acids is 1. The number of fused-ring (bicyclic) bond motifs is 1. The van der Waals surface area contributed by atoms with Crippen LogP contribution in [-0.2, 0) is 11.3 Å². The van der Waals surface area contributed by atoms with E-state index in [1.807, 2.05) is 12.1 Å². The van der Waals surface area contributed by atoms with Gasteiger partial charge in [0.25, 0.3) is 5.56 Å². The van der Waals surface area contributed by atoms with Crippen LogP contribution in [0.2, 0.25) is 0 Å². The lowest BCUT2D eigenvalue weighted by Crippen LogP contribution is -2.15. The number of halogens is 1. The lowest BCUT2D eigenvalue weighted by atomic mass is 10.2. The van der Waals surface area contributed by atoms with Gasteiger partial charge < -0.3 is 4.74 Å². The van der Waals surface area contributed by atoms with Gasteiger partial charge in [-0.1, -0.05) is 12.1 Å². The van der Waals surface area contributed by atoms with Gasteiger partial charge in [-0.05, 0) is 34.7 Å². The highest BCUT2D eigenvalue weighted by molar-refractivity contribution is 14.1. The molecule has 0 unspecified atom stereocenters. The molecular weight excluding hydrogens is 403 g/mol. The van der Waals surface area contributed by atoms with Crippen molar-refractivity contribution in [2.75, 3.05) is 0 Å². The molecule has 106 valence electrons. The molecule has 0 atom stereocenters. The number of esters is 1. The second-order valence-corrected chi connectivity index (χ2v) is 6.23. The van der Waals surface area contributed by atoms with E-state index in [2.05, 4.69) is 27.6 Å². The van der Waals surface area contributed by atoms with Gasteiger partial charge in [0.2, 0.25) is 0 Å². The number of benzene rings is 1. The first-order chi connectivity index (χ1) is 10.1. The van der Waals surface area contributed by atoms with Crippen molar-refractivity contribution in [2.45, 2.75) is 6.61 Å². The number of carbonyl (C=O) groups is 1. The van der Waals surface area contributed by atoms with Crippen LogP contribution in [0.3, 0.4) is 0 Å². The fourth-order valence-corrected chi connectivity index (χ4v) is 3.15. The number of hydrogen-bond acceptors (Lipinski definition) is 5. The summed E-state index contributed by atoms with van der Waals surface area (Å²) in [7, 11) is 0. The summed E-state index contributed by atoms with van der Waals surface area (Å²) < 4.78 is 7.50. The number of nitrogens with zero attached hydrogens (tertiary/aromatic N) is 2. The van der Waals surface area contributed by atoms with Crippen LogP contribution in [0.5, 0.6) is 0 Å². The number of aromatic nitrogens is 2. The van der Waals surface area contributed by atoms with E-state index < -0.39 is 5.97 Å². The van der Waals surface area contributed by atoms with E-state index in [4.69, 9.17) is 4.74 Å². The van der Waals surface area contributed by atoms with Gasteiger partial charge in [-0.25, -0.2) is 9.78 Å². The van der Waals surface area contributed by atoms with Gasteiger partial charge in [0.05, 0.1) is 11.3 Å². The molecular formula is C14H9IN2O3S. The lowest BCUT2D eigenvalue weighted by Gasteiger charge is -2.06. The summed E-state index contributed by atoms with van der Waals surface area (Å²) in [4.78, 5) is 28.7. The van der Waals surface area contributed by atoms with Crippen LogP contribution in [-0.4, -0.2) is 15.4 Å². The summed E-state index contributed by atoms with van der Waals surface area (Å²) in [5.74, 6) is -0.423. The molecule has 3 aromatic rings. The molecule has 0 aliphatic carbocycles. The zero-order valence-corrected chi connectivity index (χ0v) is 13.6. The minimum Gasteiger partial charge on any atom is -0.456 e. The number of ether oxygens (including phenoxy) is 1. The summed E-state index contributed by atoms with van der Waals surface area (Å²) >= 11 is 3.44. The van der Waals surface area contributed by atoms with Crippen LogP contribution < -0.4 is 5.56 Å². The molecule has 3 rings (SSSR count). The van der Waals surface area contributed by atoms with Crippen molar-refractivity contribution in [2.24, 2.45) is 0 Å². The summed E-state index contributed by atoms with van der Waals surface area (Å²) in [5.41, 5.74) is 0.773. The molecule has 21 heavy (non-hydrogen) atoms. The first-order valence-electron chi connectivity index (χ1n) is 6.02. The van der Waals surface area contributed by atoms with E-state index in [0.717, 1.165) is 3.57 Å². The predicted octanol–water partition coefficient (Wildman–Crippen LogP) is 2.72. The fraction of sp³-hybridized carbons (Fsp3) is 0.0714. The van der Waals surface area contributed by atoms with Crippen molar-refractivity contribution in [1.29, 1.82) is 0 Å². The monoisotopic (exact) mass is 412 g/mol. The average molecular weight is 412 g/mol. The van der Waals surface area contributed by atoms with Crippen LogP contribution in [0.4, 0.5) is 0 Å². The Hall–Kier alpha value is -1.74. The highest BCUT2D eigenvalue weighted by Gasteiger charge is 2.12. The number of thiazole rings is 1. The Kier molecular flexibility index (Phi) is 4.02. The molecule has 0 radical (unpaired) electrons. The molecule has 0 N–H and O–H groups in total. The first-order valence-corrected chi connectivity index (χ1v) is 7.98. The molecule has 0 bridgehead atoms. The van der Waals surface area contributed by atoms with Gasteiger partial charge in [0.15, 0.2) is 4.96 Å². The van der Waals surface area contributed by atoms with Gasteiger partial charge in [-0.2, -0.15) is 0 Å². The first kappa shape index (κ1) is 14.2. The van der Waals surface area contributed by atoms with Crippen LogP contribution in [0.15, 0.2) is 46.7 Å². The van der Waals surface area contributed by atoms with Crippen molar-refractivity contribution < 1.29 is 9.53 Å². The smallest absolute Gasteiger partial charge is 0.339 e. The van der Waals surface area contributed by atoms with Gasteiger partial charge >= 0.3 is 5.97 Å².